The van der Waals surface area contributed by atoms with E-state index in [-0.39, 0.29) is 24.8 Å². The molecule has 1 aliphatic rings. The van der Waals surface area contributed by atoms with Gasteiger partial charge in [0.15, 0.2) is 5.96 Å². The van der Waals surface area contributed by atoms with E-state index >= 15 is 0 Å². The van der Waals surface area contributed by atoms with Crippen LogP contribution >= 0.6 is 0 Å². The minimum atomic E-state index is -2.49. The lowest BCUT2D eigenvalue weighted by molar-refractivity contribution is -0.0886. The van der Waals surface area contributed by atoms with E-state index in [2.05, 4.69) is 10.3 Å². The van der Waals surface area contributed by atoms with Gasteiger partial charge in [-0.05, 0) is 0 Å². The fourth-order valence-electron chi connectivity index (χ4n) is 1.04. The Bertz CT molecular complexity index is 171. The Hall–Kier alpha value is -0.870. The summed E-state index contributed by atoms with van der Waals surface area (Å²) in [6.07, 6.45) is -0.271. The smallest absolute Gasteiger partial charge is 0.252 e. The summed E-state index contributed by atoms with van der Waals surface area (Å²) in [4.78, 5) is 3.60. The molecule has 0 spiro atoms. The zero-order chi connectivity index (χ0) is 8.48. The lowest BCUT2D eigenvalue weighted by atomic mass is 9.88. The van der Waals surface area contributed by atoms with E-state index in [1.165, 1.54) is 7.05 Å². The number of alkyl halides is 2. The molecule has 0 aromatic rings. The second-order valence-corrected chi connectivity index (χ2v) is 2.71. The van der Waals surface area contributed by atoms with Crippen molar-refractivity contribution in [2.75, 3.05) is 7.05 Å². The van der Waals surface area contributed by atoms with Crippen molar-refractivity contribution in [3.05, 3.63) is 0 Å². The van der Waals surface area contributed by atoms with E-state index in [1.54, 1.807) is 0 Å². The van der Waals surface area contributed by atoms with Crippen molar-refractivity contribution in [1.82, 2.24) is 5.32 Å². The standard InChI is InChI=1S/C6H11F2N3/c1-10-5(9)11-4-2-6(7,8)3-4/h4H,2-3H2,1H3,(H3,9,10,11). The molecule has 0 aromatic heterocycles. The molecule has 1 rings (SSSR count). The summed E-state index contributed by atoms with van der Waals surface area (Å²) < 4.78 is 24.4. The van der Waals surface area contributed by atoms with Crippen LogP contribution in [-0.2, 0) is 0 Å². The Morgan fingerprint density at radius 3 is 2.55 bits per heavy atom. The van der Waals surface area contributed by atoms with Gasteiger partial charge in [0, 0.05) is 25.9 Å². The highest BCUT2D eigenvalue weighted by molar-refractivity contribution is 5.78. The number of nitrogens with one attached hydrogen (secondary N) is 1. The summed E-state index contributed by atoms with van der Waals surface area (Å²) in [5, 5.41) is 2.67. The summed E-state index contributed by atoms with van der Waals surface area (Å²) in [5.74, 6) is -2.27. The first-order valence-electron chi connectivity index (χ1n) is 3.40. The molecule has 11 heavy (non-hydrogen) atoms. The molecule has 1 aliphatic carbocycles. The molecule has 3 N–H and O–H groups in total. The van der Waals surface area contributed by atoms with Crippen LogP contribution in [-0.4, -0.2) is 25.0 Å². The minimum Gasteiger partial charge on any atom is -0.370 e. The number of nitrogens with two attached hydrogens (primary N) is 1. The normalized spacial score (nSPS) is 24.5. The average molecular weight is 163 g/mol. The van der Waals surface area contributed by atoms with Gasteiger partial charge in [-0.1, -0.05) is 0 Å². The molecule has 0 radical (unpaired) electrons. The second kappa shape index (κ2) is 2.64. The molecule has 0 saturated heterocycles. The van der Waals surface area contributed by atoms with Gasteiger partial charge in [-0.2, -0.15) is 0 Å². The number of nitrogens with zero attached hydrogens (tertiary/aromatic N) is 1. The van der Waals surface area contributed by atoms with Gasteiger partial charge >= 0.3 is 0 Å². The summed E-state index contributed by atoms with van der Waals surface area (Å²) in [7, 11) is 1.51. The molecule has 64 valence electrons. The SMILES string of the molecule is CN=C(N)NC1CC(F)(F)C1. The van der Waals surface area contributed by atoms with Crippen LogP contribution in [0.1, 0.15) is 12.8 Å². The molecule has 0 aliphatic heterocycles. The van der Waals surface area contributed by atoms with Crippen molar-refractivity contribution in [1.29, 1.82) is 0 Å². The van der Waals surface area contributed by atoms with Crippen LogP contribution < -0.4 is 11.1 Å². The average Bonchev–Trinajstić information content (AvgIpc) is 1.83. The van der Waals surface area contributed by atoms with E-state index in [0.717, 1.165) is 0 Å². The Labute approximate surface area is 63.7 Å². The van der Waals surface area contributed by atoms with Crippen molar-refractivity contribution in [3.63, 3.8) is 0 Å². The first-order valence-corrected chi connectivity index (χ1v) is 3.40. The Morgan fingerprint density at radius 1 is 1.64 bits per heavy atom. The number of hydrogen-bond donors (Lipinski definition) is 2. The zero-order valence-electron chi connectivity index (χ0n) is 6.27. The van der Waals surface area contributed by atoms with Crippen LogP contribution in [0.4, 0.5) is 8.78 Å². The largest absolute Gasteiger partial charge is 0.370 e. The maximum absolute atomic E-state index is 12.2. The summed E-state index contributed by atoms with van der Waals surface area (Å²) in [6.45, 7) is 0. The molecule has 3 nitrogen and oxygen atoms in total. The number of hydrogen-bond acceptors (Lipinski definition) is 1. The molecule has 0 aromatic carbocycles. The Morgan fingerprint density at radius 2 is 2.18 bits per heavy atom. The molecule has 0 bridgehead atoms. The molecule has 1 saturated carbocycles. The first-order chi connectivity index (χ1) is 5.03. The van der Waals surface area contributed by atoms with E-state index < -0.39 is 5.92 Å². The summed E-state index contributed by atoms with van der Waals surface area (Å²) in [6, 6.07) is -0.200. The minimum absolute atomic E-state index is 0.136. The van der Waals surface area contributed by atoms with E-state index in [9.17, 15) is 8.78 Å². The Kier molecular flexibility index (Phi) is 1.97. The van der Waals surface area contributed by atoms with Crippen LogP contribution in [0.5, 0.6) is 0 Å². The third-order valence-electron chi connectivity index (χ3n) is 1.68. The lowest BCUT2D eigenvalue weighted by Gasteiger charge is -2.35. The van der Waals surface area contributed by atoms with Gasteiger partial charge in [-0.3, -0.25) is 4.99 Å². The molecule has 0 unspecified atom stereocenters. The second-order valence-electron chi connectivity index (χ2n) is 2.71. The lowest BCUT2D eigenvalue weighted by Crippen LogP contribution is -2.52. The van der Waals surface area contributed by atoms with Crippen LogP contribution in [0.25, 0.3) is 0 Å². The molecule has 0 heterocycles. The summed E-state index contributed by atoms with van der Waals surface area (Å²) in [5.41, 5.74) is 5.27. The van der Waals surface area contributed by atoms with Crippen molar-refractivity contribution in [2.24, 2.45) is 10.7 Å². The van der Waals surface area contributed by atoms with Gasteiger partial charge in [0.2, 0.25) is 0 Å². The van der Waals surface area contributed by atoms with Crippen molar-refractivity contribution in [3.8, 4) is 0 Å². The molecule has 0 atom stereocenters. The maximum atomic E-state index is 12.2. The van der Waals surface area contributed by atoms with Gasteiger partial charge in [-0.15, -0.1) is 0 Å². The monoisotopic (exact) mass is 163 g/mol. The number of halogens is 2. The topological polar surface area (TPSA) is 50.4 Å². The third kappa shape index (κ3) is 2.03. The van der Waals surface area contributed by atoms with Gasteiger partial charge < -0.3 is 11.1 Å². The van der Waals surface area contributed by atoms with E-state index in [1.807, 2.05) is 0 Å². The number of rotatable bonds is 1. The van der Waals surface area contributed by atoms with Crippen LogP contribution in [0, 0.1) is 0 Å². The van der Waals surface area contributed by atoms with Crippen LogP contribution in [0.3, 0.4) is 0 Å². The van der Waals surface area contributed by atoms with Gasteiger partial charge in [0.05, 0.1) is 0 Å². The molecule has 1 fully saturated rings. The first kappa shape index (κ1) is 8.23. The van der Waals surface area contributed by atoms with Crippen molar-refractivity contribution in [2.45, 2.75) is 24.8 Å². The molecular formula is C6H11F2N3. The van der Waals surface area contributed by atoms with E-state index in [4.69, 9.17) is 5.73 Å². The quantitative estimate of drug-likeness (QED) is 0.432. The highest BCUT2D eigenvalue weighted by atomic mass is 19.3. The van der Waals surface area contributed by atoms with Crippen LogP contribution in [0.2, 0.25) is 0 Å². The third-order valence-corrected chi connectivity index (χ3v) is 1.68. The fraction of sp³-hybridized carbons (Fsp3) is 0.833. The predicted molar refractivity (Wildman–Crippen MR) is 38.7 cm³/mol. The Balaban J connectivity index is 2.24. The van der Waals surface area contributed by atoms with E-state index in [0.29, 0.717) is 0 Å². The van der Waals surface area contributed by atoms with Gasteiger partial charge in [0.25, 0.3) is 5.92 Å². The van der Waals surface area contributed by atoms with Gasteiger partial charge in [0.1, 0.15) is 0 Å². The highest BCUT2D eigenvalue weighted by Gasteiger charge is 2.45. The number of guanidine groups is 1. The predicted octanol–water partition coefficient (Wildman–Crippen LogP) is 0.318. The van der Waals surface area contributed by atoms with Crippen LogP contribution in [0.15, 0.2) is 4.99 Å². The van der Waals surface area contributed by atoms with Crippen molar-refractivity contribution < 1.29 is 8.78 Å². The zero-order valence-corrected chi connectivity index (χ0v) is 6.27. The maximum Gasteiger partial charge on any atom is 0.252 e. The van der Waals surface area contributed by atoms with Gasteiger partial charge in [-0.25, -0.2) is 8.78 Å². The van der Waals surface area contributed by atoms with Crippen molar-refractivity contribution >= 4 is 5.96 Å². The molecular weight excluding hydrogens is 152 g/mol. The molecule has 5 heteroatoms. The summed E-state index contributed by atoms with van der Waals surface area (Å²) >= 11 is 0. The number of aliphatic imine (C=N–C) groups is 1. The highest BCUT2D eigenvalue weighted by Crippen LogP contribution is 2.37. The molecule has 0 amide bonds. The fourth-order valence-corrected chi connectivity index (χ4v) is 1.04.